The van der Waals surface area contributed by atoms with E-state index in [0.29, 0.717) is 16.7 Å². The van der Waals surface area contributed by atoms with Crippen LogP contribution < -0.4 is 16.2 Å². The summed E-state index contributed by atoms with van der Waals surface area (Å²) in [5.41, 5.74) is 2.05. The molecule has 8 heteroatoms. The molecule has 0 radical (unpaired) electrons. The van der Waals surface area contributed by atoms with Gasteiger partial charge in [-0.05, 0) is 43.9 Å². The second kappa shape index (κ2) is 9.31. The summed E-state index contributed by atoms with van der Waals surface area (Å²) in [5, 5.41) is 6.83. The number of benzene rings is 1. The minimum absolute atomic E-state index is 0.0158. The van der Waals surface area contributed by atoms with Gasteiger partial charge in [-0.1, -0.05) is 29.8 Å². The Balaban J connectivity index is 1.53. The Bertz CT molecular complexity index is 1140. The molecule has 1 amide bonds. The second-order valence-corrected chi connectivity index (χ2v) is 8.15. The Morgan fingerprint density at radius 2 is 1.87 bits per heavy atom. The predicted octanol–water partition coefficient (Wildman–Crippen LogP) is 3.81. The van der Waals surface area contributed by atoms with Crippen LogP contribution in [0.4, 0.5) is 5.95 Å². The van der Waals surface area contributed by atoms with Crippen molar-refractivity contribution in [3.8, 4) is 16.9 Å². The van der Waals surface area contributed by atoms with Crippen molar-refractivity contribution in [3.05, 3.63) is 70.2 Å². The van der Waals surface area contributed by atoms with Crippen LogP contribution in [-0.4, -0.2) is 32.5 Å². The van der Waals surface area contributed by atoms with Gasteiger partial charge in [0.25, 0.3) is 5.56 Å². The summed E-state index contributed by atoms with van der Waals surface area (Å²) in [6, 6.07) is 13.1. The number of pyridine rings is 1. The molecule has 2 heterocycles. The molecule has 2 aromatic heterocycles. The molecular formula is C23H24ClN5O2. The number of hydrogen-bond donors (Lipinski definition) is 2. The molecule has 4 rings (SSSR count). The molecule has 160 valence electrons. The van der Waals surface area contributed by atoms with Crippen LogP contribution >= 0.6 is 11.6 Å². The molecule has 0 bridgehead atoms. The fourth-order valence-corrected chi connectivity index (χ4v) is 4.14. The zero-order valence-electron chi connectivity index (χ0n) is 17.2. The van der Waals surface area contributed by atoms with Gasteiger partial charge in [-0.15, -0.1) is 0 Å². The summed E-state index contributed by atoms with van der Waals surface area (Å²) in [6.07, 6.45) is 7.03. The smallest absolute Gasteiger partial charge is 0.255 e. The van der Waals surface area contributed by atoms with Crippen molar-refractivity contribution in [1.29, 1.82) is 0 Å². The number of hydrogen-bond acceptors (Lipinski definition) is 5. The van der Waals surface area contributed by atoms with E-state index in [-0.39, 0.29) is 23.6 Å². The maximum atomic E-state index is 12.2. The van der Waals surface area contributed by atoms with Gasteiger partial charge in [-0.25, -0.2) is 9.97 Å². The van der Waals surface area contributed by atoms with Gasteiger partial charge in [0.05, 0.1) is 16.9 Å². The number of carbonyl (C=O) groups is 1. The highest BCUT2D eigenvalue weighted by Gasteiger charge is 2.22. The van der Waals surface area contributed by atoms with Gasteiger partial charge in [0, 0.05) is 42.5 Å². The molecule has 7 nitrogen and oxygen atoms in total. The fraction of sp³-hybridized carbons (Fsp3) is 0.304. The van der Waals surface area contributed by atoms with Crippen LogP contribution in [0.3, 0.4) is 0 Å². The van der Waals surface area contributed by atoms with Gasteiger partial charge >= 0.3 is 0 Å². The number of amides is 1. The lowest BCUT2D eigenvalue weighted by molar-refractivity contribution is -0.119. The third-order valence-electron chi connectivity index (χ3n) is 5.43. The maximum Gasteiger partial charge on any atom is 0.255 e. The Hall–Kier alpha value is -3.19. The van der Waals surface area contributed by atoms with Crippen LogP contribution in [0.2, 0.25) is 5.02 Å². The third kappa shape index (κ3) is 5.11. The zero-order chi connectivity index (χ0) is 21.8. The number of nitrogens with one attached hydrogen (secondary N) is 2. The number of anilines is 1. The summed E-state index contributed by atoms with van der Waals surface area (Å²) < 4.78 is 1.57. The highest BCUT2D eigenvalue weighted by Crippen LogP contribution is 2.28. The summed E-state index contributed by atoms with van der Waals surface area (Å²) in [5.74, 6) is 0.534. The molecule has 2 N–H and O–H groups in total. The number of nitrogens with zero attached hydrogens (tertiary/aromatic N) is 3. The van der Waals surface area contributed by atoms with E-state index in [1.165, 1.54) is 6.07 Å². The molecule has 1 aliphatic rings. The van der Waals surface area contributed by atoms with E-state index in [1.54, 1.807) is 30.0 Å². The van der Waals surface area contributed by atoms with E-state index >= 15 is 0 Å². The topological polar surface area (TPSA) is 88.9 Å². The van der Waals surface area contributed by atoms with Crippen LogP contribution in [0.15, 0.2) is 59.7 Å². The van der Waals surface area contributed by atoms with Gasteiger partial charge in [0.1, 0.15) is 0 Å². The molecule has 0 aliphatic heterocycles. The first-order chi connectivity index (χ1) is 15.0. The summed E-state index contributed by atoms with van der Waals surface area (Å²) in [4.78, 5) is 32.4. The normalized spacial score (nSPS) is 18.4. The number of aromatic nitrogens is 3. The molecule has 3 aromatic rings. The molecule has 1 aromatic carbocycles. The Labute approximate surface area is 185 Å². The first kappa shape index (κ1) is 21.1. The minimum Gasteiger partial charge on any atom is -0.354 e. The predicted molar refractivity (Wildman–Crippen MR) is 122 cm³/mol. The average Bonchev–Trinajstić information content (AvgIpc) is 2.76. The van der Waals surface area contributed by atoms with Crippen LogP contribution in [0, 0.1) is 0 Å². The van der Waals surface area contributed by atoms with Crippen molar-refractivity contribution in [1.82, 2.24) is 19.9 Å². The monoisotopic (exact) mass is 437 g/mol. The first-order valence-electron chi connectivity index (χ1n) is 10.3. The fourth-order valence-electron chi connectivity index (χ4n) is 3.93. The van der Waals surface area contributed by atoms with E-state index in [4.69, 9.17) is 11.6 Å². The minimum atomic E-state index is -0.106. The van der Waals surface area contributed by atoms with Crippen molar-refractivity contribution in [3.63, 3.8) is 0 Å². The molecule has 1 saturated carbocycles. The highest BCUT2D eigenvalue weighted by molar-refractivity contribution is 6.32. The first-order valence-corrected chi connectivity index (χ1v) is 10.7. The summed E-state index contributed by atoms with van der Waals surface area (Å²) >= 11 is 6.41. The van der Waals surface area contributed by atoms with Crippen molar-refractivity contribution in [2.24, 2.45) is 0 Å². The highest BCUT2D eigenvalue weighted by atomic mass is 35.5. The van der Waals surface area contributed by atoms with Crippen LogP contribution in [0.5, 0.6) is 0 Å². The van der Waals surface area contributed by atoms with Crippen molar-refractivity contribution in [2.45, 2.75) is 44.7 Å². The lowest BCUT2D eigenvalue weighted by atomic mass is 9.91. The molecule has 0 spiro atoms. The summed E-state index contributed by atoms with van der Waals surface area (Å²) in [7, 11) is 0. The van der Waals surface area contributed by atoms with E-state index in [2.05, 4.69) is 20.6 Å². The maximum absolute atomic E-state index is 12.2. The third-order valence-corrected chi connectivity index (χ3v) is 5.71. The quantitative estimate of drug-likeness (QED) is 0.633. The standard InChI is InChI=1S/C23H24ClN5O2/c1-15(30)26-17-8-10-18(11-9-17)27-23-25-14-20(24)22(28-23)16-5-4-6-19(13-16)29-12-3-2-7-21(29)31/h2-7,12-14,17-18H,8-11H2,1H3,(H,26,30)(H,25,27,28)/t17-,18-. The summed E-state index contributed by atoms with van der Waals surface area (Å²) in [6.45, 7) is 1.55. The average molecular weight is 438 g/mol. The SMILES string of the molecule is CC(=O)N[C@H]1CC[C@H](Nc2ncc(Cl)c(-c3cccc(-n4ccccc4=O)c3)n2)CC1. The van der Waals surface area contributed by atoms with Crippen LogP contribution in [-0.2, 0) is 4.79 Å². The van der Waals surface area contributed by atoms with E-state index in [1.807, 2.05) is 30.3 Å². The van der Waals surface area contributed by atoms with E-state index in [0.717, 1.165) is 36.9 Å². The lowest BCUT2D eigenvalue weighted by Gasteiger charge is -2.29. The van der Waals surface area contributed by atoms with Gasteiger partial charge in [-0.2, -0.15) is 0 Å². The van der Waals surface area contributed by atoms with E-state index in [9.17, 15) is 9.59 Å². The molecule has 0 atom stereocenters. The zero-order valence-corrected chi connectivity index (χ0v) is 18.0. The van der Waals surface area contributed by atoms with Crippen molar-refractivity contribution < 1.29 is 4.79 Å². The van der Waals surface area contributed by atoms with Gasteiger partial charge in [0.2, 0.25) is 11.9 Å². The molecule has 0 unspecified atom stereocenters. The number of rotatable bonds is 5. The second-order valence-electron chi connectivity index (χ2n) is 7.74. The van der Waals surface area contributed by atoms with Gasteiger partial charge < -0.3 is 10.6 Å². The van der Waals surface area contributed by atoms with Gasteiger partial charge in [0.15, 0.2) is 0 Å². The molecule has 31 heavy (non-hydrogen) atoms. The molecule has 1 aliphatic carbocycles. The Kier molecular flexibility index (Phi) is 6.32. The molecule has 1 fully saturated rings. The van der Waals surface area contributed by atoms with Crippen LogP contribution in [0.25, 0.3) is 16.9 Å². The largest absolute Gasteiger partial charge is 0.354 e. The van der Waals surface area contributed by atoms with Crippen molar-refractivity contribution >= 4 is 23.5 Å². The van der Waals surface area contributed by atoms with Crippen molar-refractivity contribution in [2.75, 3.05) is 5.32 Å². The Morgan fingerprint density at radius 1 is 1.10 bits per heavy atom. The number of halogens is 1. The molecule has 0 saturated heterocycles. The Morgan fingerprint density at radius 3 is 2.61 bits per heavy atom. The number of carbonyl (C=O) groups excluding carboxylic acids is 1. The van der Waals surface area contributed by atoms with E-state index < -0.39 is 0 Å². The van der Waals surface area contributed by atoms with Gasteiger partial charge in [-0.3, -0.25) is 14.2 Å². The lowest BCUT2D eigenvalue weighted by Crippen LogP contribution is -2.39. The molecular weight excluding hydrogens is 414 g/mol. The van der Waals surface area contributed by atoms with Crippen LogP contribution in [0.1, 0.15) is 32.6 Å².